The van der Waals surface area contributed by atoms with Crippen molar-refractivity contribution in [3.63, 3.8) is 0 Å². The van der Waals surface area contributed by atoms with Gasteiger partial charge in [0.2, 0.25) is 0 Å². The van der Waals surface area contributed by atoms with Crippen LogP contribution in [0.25, 0.3) is 33.4 Å². The minimum atomic E-state index is -1.22. The number of nitrogen functional groups attached to an aromatic ring is 1. The molecule has 2 amide bonds. The molecule has 35 heavy (non-hydrogen) atoms. The molecule has 2 aromatic rings. The molecule has 5 rings (SSSR count). The predicted octanol–water partition coefficient (Wildman–Crippen LogP) is 3.19. The van der Waals surface area contributed by atoms with E-state index in [9.17, 15) is 24.3 Å². The molecule has 0 aromatic heterocycles. The highest BCUT2D eigenvalue weighted by molar-refractivity contribution is 6.10. The van der Waals surface area contributed by atoms with E-state index in [0.717, 1.165) is 0 Å². The normalized spacial score (nSPS) is 13.5. The number of fused-ring (bicyclic) bond motifs is 2. The van der Waals surface area contributed by atoms with Crippen molar-refractivity contribution in [3.8, 4) is 22.5 Å². The van der Waals surface area contributed by atoms with Gasteiger partial charge in [0.1, 0.15) is 11.3 Å². The Balaban J connectivity index is 1.79. The van der Waals surface area contributed by atoms with Gasteiger partial charge in [0.15, 0.2) is 0 Å². The van der Waals surface area contributed by atoms with Crippen LogP contribution in [-0.2, 0) is 14.4 Å². The molecule has 3 aliphatic rings. The molecule has 10 nitrogen and oxygen atoms in total. The van der Waals surface area contributed by atoms with Crippen molar-refractivity contribution in [2.24, 2.45) is 0 Å². The number of anilines is 1. The Morgan fingerprint density at radius 3 is 2.43 bits per heavy atom. The number of imide groups is 1. The number of nitrogens with zero attached hydrogens (tertiary/aromatic N) is 1. The molecule has 2 heterocycles. The smallest absolute Gasteiger partial charge is 0.364 e. The molecule has 1 fully saturated rings. The highest BCUT2D eigenvalue weighted by Crippen LogP contribution is 2.42. The number of hydroxylamine groups is 2. The molecule has 0 bridgehead atoms. The number of carboxylic acids is 1. The van der Waals surface area contributed by atoms with Gasteiger partial charge in [-0.1, -0.05) is 0 Å². The maximum Gasteiger partial charge on any atom is 0.364 e. The van der Waals surface area contributed by atoms with Crippen LogP contribution in [0.5, 0.6) is 0 Å². The van der Waals surface area contributed by atoms with Crippen LogP contribution in [-0.4, -0.2) is 33.9 Å². The third-order valence-corrected chi connectivity index (χ3v) is 5.68. The van der Waals surface area contributed by atoms with Gasteiger partial charge in [-0.05, 0) is 48.0 Å². The van der Waals surface area contributed by atoms with Crippen LogP contribution in [0.4, 0.5) is 5.69 Å². The summed E-state index contributed by atoms with van der Waals surface area (Å²) >= 11 is 0. The molecule has 0 atom stereocenters. The monoisotopic (exact) mass is 471 g/mol. The summed E-state index contributed by atoms with van der Waals surface area (Å²) < 4.78 is 5.95. The van der Waals surface area contributed by atoms with Crippen LogP contribution in [0.3, 0.4) is 0 Å². The van der Waals surface area contributed by atoms with Crippen LogP contribution in [0.2, 0.25) is 0 Å². The lowest BCUT2D eigenvalue weighted by Crippen LogP contribution is -2.32. The number of rotatable bonds is 4. The lowest BCUT2D eigenvalue weighted by atomic mass is 9.89. The highest BCUT2D eigenvalue weighted by atomic mass is 16.7. The van der Waals surface area contributed by atoms with Gasteiger partial charge in [0.25, 0.3) is 11.8 Å². The molecule has 1 aliphatic carbocycles. The van der Waals surface area contributed by atoms with E-state index in [4.69, 9.17) is 20.4 Å². The number of aromatic carboxylic acids is 1. The van der Waals surface area contributed by atoms with E-state index < -0.39 is 23.8 Å². The Labute approximate surface area is 196 Å². The number of hydrogen-bond acceptors (Lipinski definition) is 8. The number of nitrogens with one attached hydrogen (secondary N) is 1. The van der Waals surface area contributed by atoms with Gasteiger partial charge in [0, 0.05) is 47.2 Å². The van der Waals surface area contributed by atoms with Crippen molar-refractivity contribution in [1.29, 1.82) is 5.41 Å². The summed E-state index contributed by atoms with van der Waals surface area (Å²) in [6.07, 6.45) is -0.132. The van der Waals surface area contributed by atoms with Crippen LogP contribution in [0.1, 0.15) is 33.6 Å². The van der Waals surface area contributed by atoms with Crippen LogP contribution < -0.4 is 11.1 Å². The Kier molecular flexibility index (Phi) is 5.05. The van der Waals surface area contributed by atoms with Gasteiger partial charge in [-0.3, -0.25) is 9.59 Å². The van der Waals surface area contributed by atoms with Crippen LogP contribution in [0, 0.1) is 5.41 Å². The number of hydrogen-bond donors (Lipinski definition) is 3. The Morgan fingerprint density at radius 1 is 0.971 bits per heavy atom. The van der Waals surface area contributed by atoms with E-state index >= 15 is 0 Å². The number of carbonyl (C=O) groups excluding carboxylic acids is 3. The van der Waals surface area contributed by atoms with Crippen LogP contribution in [0.15, 0.2) is 59.0 Å². The molecule has 174 valence electrons. The summed E-state index contributed by atoms with van der Waals surface area (Å²) in [5, 5.41) is 18.7. The average Bonchev–Trinajstić information content (AvgIpc) is 3.14. The zero-order valence-corrected chi connectivity index (χ0v) is 18.0. The van der Waals surface area contributed by atoms with E-state index in [0.29, 0.717) is 38.6 Å². The van der Waals surface area contributed by atoms with Crippen LogP contribution >= 0.6 is 0 Å². The van der Waals surface area contributed by atoms with Gasteiger partial charge in [-0.2, -0.15) is 0 Å². The summed E-state index contributed by atoms with van der Waals surface area (Å²) in [7, 11) is 0. The molecule has 0 unspecified atom stereocenters. The first-order valence-electron chi connectivity index (χ1n) is 10.5. The number of amides is 2. The predicted molar refractivity (Wildman–Crippen MR) is 122 cm³/mol. The zero-order valence-electron chi connectivity index (χ0n) is 18.0. The lowest BCUT2D eigenvalue weighted by Gasteiger charge is -2.19. The minimum Gasteiger partial charge on any atom is -0.478 e. The Hall–Kier alpha value is -4.99. The Bertz CT molecular complexity index is 1590. The van der Waals surface area contributed by atoms with Gasteiger partial charge in [-0.15, -0.1) is 5.06 Å². The second-order valence-electron chi connectivity index (χ2n) is 7.97. The molecule has 4 N–H and O–H groups in total. The van der Waals surface area contributed by atoms with E-state index in [2.05, 4.69) is 0 Å². The molecule has 2 aliphatic heterocycles. The number of carboxylic acid groups (broad SMARTS) is 1. The second kappa shape index (κ2) is 8.10. The molecule has 0 radical (unpaired) electrons. The molecule has 2 aromatic carbocycles. The molecule has 10 heteroatoms. The third-order valence-electron chi connectivity index (χ3n) is 5.68. The molecule has 0 saturated carbocycles. The van der Waals surface area contributed by atoms with Crippen molar-refractivity contribution in [1.82, 2.24) is 5.06 Å². The standard InChI is InChI=1S/C25H17N3O7/c26-13-2-5-16-19(10-13)34-20-11-14(27)3-6-17(20)23(16)18-9-12(24(31)32)1-4-15(18)25(33)35-28-21(29)7-8-22(28)30/h1-6,9-11,26H,7-8,27H2,(H,31,32). The minimum absolute atomic E-state index is 0.0662. The maximum absolute atomic E-state index is 13.2. The van der Waals surface area contributed by atoms with Crippen molar-refractivity contribution in [2.45, 2.75) is 12.8 Å². The van der Waals surface area contributed by atoms with Crippen molar-refractivity contribution in [2.75, 3.05) is 5.73 Å². The highest BCUT2D eigenvalue weighted by Gasteiger charge is 2.34. The SMILES string of the molecule is N=c1ccc2c(-c3cc(C(=O)O)ccc3C(=O)ON3C(=O)CCC3=O)c3ccc(N)cc3oc-2c1. The van der Waals surface area contributed by atoms with Gasteiger partial charge in [-0.25, -0.2) is 9.59 Å². The topological polar surface area (TPSA) is 164 Å². The fourth-order valence-corrected chi connectivity index (χ4v) is 4.05. The molecular weight excluding hydrogens is 454 g/mol. The first kappa shape index (κ1) is 21.8. The van der Waals surface area contributed by atoms with Crippen molar-refractivity contribution in [3.05, 3.63) is 71.1 Å². The second-order valence-corrected chi connectivity index (χ2v) is 7.97. The average molecular weight is 471 g/mol. The van der Waals surface area contributed by atoms with E-state index in [1.54, 1.807) is 24.3 Å². The summed E-state index contributed by atoms with van der Waals surface area (Å²) in [5.41, 5.74) is 7.65. The van der Waals surface area contributed by atoms with E-state index in [-0.39, 0.29) is 34.9 Å². The molecule has 0 spiro atoms. The van der Waals surface area contributed by atoms with Gasteiger partial charge >= 0.3 is 11.9 Å². The van der Waals surface area contributed by atoms with E-state index in [1.165, 1.54) is 30.3 Å². The van der Waals surface area contributed by atoms with Crippen molar-refractivity contribution < 1.29 is 33.5 Å². The first-order valence-corrected chi connectivity index (χ1v) is 10.5. The molecule has 1 saturated heterocycles. The fraction of sp³-hybridized carbons (Fsp3) is 0.0800. The van der Waals surface area contributed by atoms with Gasteiger partial charge < -0.3 is 25.5 Å². The lowest BCUT2D eigenvalue weighted by molar-refractivity contribution is -0.172. The van der Waals surface area contributed by atoms with Gasteiger partial charge in [0.05, 0.1) is 16.5 Å². The van der Waals surface area contributed by atoms with Crippen molar-refractivity contribution >= 4 is 40.4 Å². The maximum atomic E-state index is 13.2. The number of carbonyl (C=O) groups is 4. The number of benzene rings is 3. The fourth-order valence-electron chi connectivity index (χ4n) is 4.05. The summed E-state index contributed by atoms with van der Waals surface area (Å²) in [6, 6.07) is 13.3. The third kappa shape index (κ3) is 3.76. The van der Waals surface area contributed by atoms with E-state index in [1.807, 2.05) is 0 Å². The quantitative estimate of drug-likeness (QED) is 0.232. The summed E-state index contributed by atoms with van der Waals surface area (Å²) in [4.78, 5) is 54.0. The summed E-state index contributed by atoms with van der Waals surface area (Å²) in [6.45, 7) is 0. The first-order chi connectivity index (χ1) is 16.7. The summed E-state index contributed by atoms with van der Waals surface area (Å²) in [5.74, 6) is -3.19. The number of nitrogens with two attached hydrogens (primary N) is 1. The largest absolute Gasteiger partial charge is 0.478 e. The zero-order chi connectivity index (χ0) is 24.9. The Morgan fingerprint density at radius 2 is 1.71 bits per heavy atom. The molecular formula is C25H17N3O7.